The molecule has 0 spiro atoms. The van der Waals surface area contributed by atoms with E-state index in [9.17, 15) is 9.90 Å². The first kappa shape index (κ1) is 19.8. The Morgan fingerprint density at radius 2 is 1.65 bits per heavy atom. The lowest BCUT2D eigenvalue weighted by atomic mass is 10.0. The maximum atomic E-state index is 12.0. The monoisotopic (exact) mass is 357 g/mol. The highest BCUT2D eigenvalue weighted by Crippen LogP contribution is 2.16. The van der Waals surface area contributed by atoms with Crippen molar-refractivity contribution in [3.05, 3.63) is 65.7 Å². The highest BCUT2D eigenvalue weighted by Gasteiger charge is 2.19. The van der Waals surface area contributed by atoms with Gasteiger partial charge in [-0.25, -0.2) is 4.79 Å². The van der Waals surface area contributed by atoms with Gasteiger partial charge in [-0.15, -0.1) is 0 Å². The van der Waals surface area contributed by atoms with Crippen molar-refractivity contribution in [3.63, 3.8) is 0 Å². The third kappa shape index (κ3) is 6.76. The quantitative estimate of drug-likeness (QED) is 0.756. The summed E-state index contributed by atoms with van der Waals surface area (Å²) in [5.74, 6) is 0.799. The van der Waals surface area contributed by atoms with Gasteiger partial charge >= 0.3 is 6.09 Å². The third-order valence-corrected chi connectivity index (χ3v) is 3.85. The summed E-state index contributed by atoms with van der Waals surface area (Å²) < 4.78 is 10.8. The summed E-state index contributed by atoms with van der Waals surface area (Å²) in [7, 11) is 0. The van der Waals surface area contributed by atoms with Gasteiger partial charge in [-0.05, 0) is 50.5 Å². The standard InChI is InChI=1S/C21H27NO4/c1-15(2)26-19-11-9-17(10-12-19)13-20(16(3)23)22-21(24)25-14-18-7-5-4-6-8-18/h4-12,15-16,20,23H,13-14H2,1-3H3,(H,22,24). The lowest BCUT2D eigenvalue weighted by Gasteiger charge is -2.21. The number of aliphatic hydroxyl groups is 1. The molecule has 2 aromatic carbocycles. The number of hydrogen-bond donors (Lipinski definition) is 2. The first-order valence-electron chi connectivity index (χ1n) is 8.85. The number of nitrogens with one attached hydrogen (secondary N) is 1. The second-order valence-corrected chi connectivity index (χ2v) is 6.57. The predicted octanol–water partition coefficient (Wildman–Crippen LogP) is 3.69. The van der Waals surface area contributed by atoms with Crippen LogP contribution in [0.3, 0.4) is 0 Å². The van der Waals surface area contributed by atoms with Gasteiger partial charge in [0.15, 0.2) is 0 Å². The summed E-state index contributed by atoms with van der Waals surface area (Å²) in [5.41, 5.74) is 1.91. The van der Waals surface area contributed by atoms with Gasteiger partial charge in [-0.3, -0.25) is 0 Å². The number of aliphatic hydroxyl groups excluding tert-OH is 1. The van der Waals surface area contributed by atoms with Crippen molar-refractivity contribution < 1.29 is 19.4 Å². The maximum Gasteiger partial charge on any atom is 0.407 e. The molecule has 2 unspecified atom stereocenters. The van der Waals surface area contributed by atoms with Crippen molar-refractivity contribution in [1.82, 2.24) is 5.32 Å². The molecule has 0 aliphatic rings. The van der Waals surface area contributed by atoms with Gasteiger partial charge in [-0.2, -0.15) is 0 Å². The molecule has 0 saturated carbocycles. The number of hydrogen-bond acceptors (Lipinski definition) is 4. The minimum Gasteiger partial charge on any atom is -0.491 e. The van der Waals surface area contributed by atoms with E-state index in [1.165, 1.54) is 0 Å². The van der Waals surface area contributed by atoms with Crippen LogP contribution >= 0.6 is 0 Å². The van der Waals surface area contributed by atoms with E-state index in [2.05, 4.69) is 5.32 Å². The molecule has 26 heavy (non-hydrogen) atoms. The fourth-order valence-corrected chi connectivity index (χ4v) is 2.49. The van der Waals surface area contributed by atoms with Crippen LogP contribution in [0.15, 0.2) is 54.6 Å². The second-order valence-electron chi connectivity index (χ2n) is 6.57. The Morgan fingerprint density at radius 3 is 2.23 bits per heavy atom. The SMILES string of the molecule is CC(C)Oc1ccc(CC(NC(=O)OCc2ccccc2)C(C)O)cc1. The molecule has 0 heterocycles. The average Bonchev–Trinajstić information content (AvgIpc) is 2.61. The molecule has 0 aromatic heterocycles. The highest BCUT2D eigenvalue weighted by atomic mass is 16.5. The van der Waals surface area contributed by atoms with Crippen molar-refractivity contribution in [2.24, 2.45) is 0 Å². The van der Waals surface area contributed by atoms with E-state index in [0.29, 0.717) is 6.42 Å². The van der Waals surface area contributed by atoms with E-state index in [1.54, 1.807) is 6.92 Å². The van der Waals surface area contributed by atoms with Crippen LogP contribution in [0.4, 0.5) is 4.79 Å². The Labute approximate surface area is 155 Å². The van der Waals surface area contributed by atoms with E-state index in [1.807, 2.05) is 68.4 Å². The summed E-state index contributed by atoms with van der Waals surface area (Å²) in [6.45, 7) is 5.80. The molecule has 2 rings (SSSR count). The zero-order chi connectivity index (χ0) is 18.9. The zero-order valence-corrected chi connectivity index (χ0v) is 15.5. The summed E-state index contributed by atoms with van der Waals surface area (Å²) in [6, 6.07) is 16.7. The van der Waals surface area contributed by atoms with Crippen LogP contribution in [0.1, 0.15) is 31.9 Å². The zero-order valence-electron chi connectivity index (χ0n) is 15.5. The number of amides is 1. The Kier molecular flexibility index (Phi) is 7.48. The maximum absolute atomic E-state index is 12.0. The van der Waals surface area contributed by atoms with E-state index in [-0.39, 0.29) is 12.7 Å². The Morgan fingerprint density at radius 1 is 1.00 bits per heavy atom. The van der Waals surface area contributed by atoms with Crippen molar-refractivity contribution >= 4 is 6.09 Å². The minimum absolute atomic E-state index is 0.118. The molecule has 2 atom stereocenters. The lowest BCUT2D eigenvalue weighted by Crippen LogP contribution is -2.43. The normalized spacial score (nSPS) is 13.1. The molecule has 2 N–H and O–H groups in total. The van der Waals surface area contributed by atoms with Crippen molar-refractivity contribution in [2.75, 3.05) is 0 Å². The molecule has 5 nitrogen and oxygen atoms in total. The summed E-state index contributed by atoms with van der Waals surface area (Å²) >= 11 is 0. The Bertz CT molecular complexity index is 668. The van der Waals surface area contributed by atoms with Crippen LogP contribution in [0.25, 0.3) is 0 Å². The summed E-state index contributed by atoms with van der Waals surface area (Å²) in [4.78, 5) is 12.0. The molecule has 0 aliphatic carbocycles. The number of alkyl carbamates (subject to hydrolysis) is 1. The van der Waals surface area contributed by atoms with Gasteiger partial charge in [0.1, 0.15) is 12.4 Å². The molecular formula is C21H27NO4. The fourth-order valence-electron chi connectivity index (χ4n) is 2.49. The predicted molar refractivity (Wildman–Crippen MR) is 101 cm³/mol. The van der Waals surface area contributed by atoms with Crippen molar-refractivity contribution in [3.8, 4) is 5.75 Å². The van der Waals surface area contributed by atoms with Crippen LogP contribution in [0, 0.1) is 0 Å². The largest absolute Gasteiger partial charge is 0.491 e. The van der Waals surface area contributed by atoms with Crippen LogP contribution in [0.2, 0.25) is 0 Å². The van der Waals surface area contributed by atoms with Gasteiger partial charge in [0.25, 0.3) is 0 Å². The smallest absolute Gasteiger partial charge is 0.407 e. The van der Waals surface area contributed by atoms with Gasteiger partial charge in [-0.1, -0.05) is 42.5 Å². The number of carbonyl (C=O) groups excluding carboxylic acids is 1. The van der Waals surface area contributed by atoms with E-state index in [0.717, 1.165) is 16.9 Å². The minimum atomic E-state index is -0.703. The van der Waals surface area contributed by atoms with Gasteiger partial charge in [0.2, 0.25) is 0 Å². The Hall–Kier alpha value is -2.53. The molecule has 0 radical (unpaired) electrons. The molecule has 0 bridgehead atoms. The summed E-state index contributed by atoms with van der Waals surface area (Å²) in [5, 5.41) is 12.7. The number of benzene rings is 2. The lowest BCUT2D eigenvalue weighted by molar-refractivity contribution is 0.109. The third-order valence-electron chi connectivity index (χ3n) is 3.85. The van der Waals surface area contributed by atoms with Crippen LogP contribution in [-0.2, 0) is 17.8 Å². The van der Waals surface area contributed by atoms with Crippen molar-refractivity contribution in [1.29, 1.82) is 0 Å². The Balaban J connectivity index is 1.88. The molecular weight excluding hydrogens is 330 g/mol. The molecule has 0 aliphatic heterocycles. The second kappa shape index (κ2) is 9.82. The topological polar surface area (TPSA) is 67.8 Å². The molecule has 5 heteroatoms. The first-order valence-corrected chi connectivity index (χ1v) is 8.85. The van der Waals surface area contributed by atoms with Crippen LogP contribution < -0.4 is 10.1 Å². The molecule has 1 amide bonds. The van der Waals surface area contributed by atoms with Gasteiger partial charge in [0, 0.05) is 0 Å². The van der Waals surface area contributed by atoms with Crippen molar-refractivity contribution in [2.45, 2.75) is 52.0 Å². The van der Waals surface area contributed by atoms with E-state index >= 15 is 0 Å². The van der Waals surface area contributed by atoms with Crippen LogP contribution in [0.5, 0.6) is 5.75 Å². The highest BCUT2D eigenvalue weighted by molar-refractivity contribution is 5.67. The van der Waals surface area contributed by atoms with Gasteiger partial charge in [0.05, 0.1) is 18.2 Å². The molecule has 0 fully saturated rings. The number of carbonyl (C=O) groups is 1. The van der Waals surface area contributed by atoms with E-state index < -0.39 is 18.2 Å². The number of rotatable bonds is 8. The first-order chi connectivity index (χ1) is 12.4. The van der Waals surface area contributed by atoms with Crippen LogP contribution in [-0.4, -0.2) is 29.4 Å². The molecule has 2 aromatic rings. The van der Waals surface area contributed by atoms with E-state index in [4.69, 9.17) is 9.47 Å². The fraction of sp³-hybridized carbons (Fsp3) is 0.381. The molecule has 0 saturated heterocycles. The molecule has 140 valence electrons. The van der Waals surface area contributed by atoms with Gasteiger partial charge < -0.3 is 19.9 Å². The average molecular weight is 357 g/mol. The summed E-state index contributed by atoms with van der Waals surface area (Å²) in [6.07, 6.45) is -0.627. The number of ether oxygens (including phenoxy) is 2.